The number of nitrogens with one attached hydrogen (secondary N) is 2. The van der Waals surface area contributed by atoms with Gasteiger partial charge in [-0.2, -0.15) is 0 Å². The van der Waals surface area contributed by atoms with Crippen molar-refractivity contribution in [3.8, 4) is 0 Å². The summed E-state index contributed by atoms with van der Waals surface area (Å²) in [6.07, 6.45) is 2.67. The van der Waals surface area contributed by atoms with Crippen molar-refractivity contribution in [1.82, 2.24) is 10.6 Å². The number of rotatable bonds is 3. The van der Waals surface area contributed by atoms with Crippen molar-refractivity contribution < 1.29 is 19.5 Å². The number of hydrogen-bond acceptors (Lipinski definition) is 3. The minimum absolute atomic E-state index is 0.151. The average molecular weight is 268 g/mol. The zero-order chi connectivity index (χ0) is 14.0. The topological polar surface area (TPSA) is 95.5 Å². The summed E-state index contributed by atoms with van der Waals surface area (Å²) in [5.41, 5.74) is -1.14. The van der Waals surface area contributed by atoms with E-state index in [4.69, 9.17) is 0 Å². The Bertz CT molecular complexity index is 399. The quantitative estimate of drug-likeness (QED) is 0.684. The maximum atomic E-state index is 12.1. The number of amides is 2. The van der Waals surface area contributed by atoms with Gasteiger partial charge < -0.3 is 15.7 Å². The van der Waals surface area contributed by atoms with Crippen molar-refractivity contribution in [2.75, 3.05) is 6.54 Å². The second-order valence-electron chi connectivity index (χ2n) is 5.76. The molecule has 0 bridgehead atoms. The van der Waals surface area contributed by atoms with Gasteiger partial charge in [-0.05, 0) is 31.6 Å². The van der Waals surface area contributed by atoms with Crippen LogP contribution in [0.2, 0.25) is 0 Å². The fraction of sp³-hybridized carbons (Fsp3) is 0.769. The minimum Gasteiger partial charge on any atom is -0.480 e. The molecule has 2 amide bonds. The van der Waals surface area contributed by atoms with Crippen LogP contribution in [-0.2, 0) is 14.4 Å². The first kappa shape index (κ1) is 13.8. The monoisotopic (exact) mass is 268 g/mol. The van der Waals surface area contributed by atoms with Crippen LogP contribution in [0.1, 0.15) is 39.0 Å². The molecule has 1 unspecified atom stereocenters. The molecular weight excluding hydrogens is 248 g/mol. The summed E-state index contributed by atoms with van der Waals surface area (Å²) in [6.45, 7) is 2.39. The lowest BCUT2D eigenvalue weighted by Crippen LogP contribution is -2.57. The molecule has 19 heavy (non-hydrogen) atoms. The number of carboxylic acids is 1. The highest BCUT2D eigenvalue weighted by atomic mass is 16.4. The first-order valence-electron chi connectivity index (χ1n) is 6.75. The van der Waals surface area contributed by atoms with Gasteiger partial charge in [0.1, 0.15) is 5.54 Å². The van der Waals surface area contributed by atoms with Gasteiger partial charge in [0, 0.05) is 13.0 Å². The van der Waals surface area contributed by atoms with E-state index in [0.29, 0.717) is 25.3 Å². The van der Waals surface area contributed by atoms with Crippen LogP contribution in [0.5, 0.6) is 0 Å². The van der Waals surface area contributed by atoms with E-state index in [1.54, 1.807) is 0 Å². The minimum atomic E-state index is -1.14. The molecule has 2 aliphatic rings. The average Bonchev–Trinajstić information content (AvgIpc) is 2.79. The lowest BCUT2D eigenvalue weighted by atomic mass is 9.77. The Morgan fingerprint density at radius 2 is 2.00 bits per heavy atom. The Balaban J connectivity index is 2.03. The van der Waals surface area contributed by atoms with Gasteiger partial charge in [0.15, 0.2) is 0 Å². The highest BCUT2D eigenvalue weighted by Crippen LogP contribution is 2.32. The summed E-state index contributed by atoms with van der Waals surface area (Å²) in [6, 6.07) is 0. The van der Waals surface area contributed by atoms with E-state index in [9.17, 15) is 19.5 Å². The van der Waals surface area contributed by atoms with Gasteiger partial charge in [0.2, 0.25) is 11.8 Å². The molecule has 1 heterocycles. The Kier molecular flexibility index (Phi) is 3.78. The SMILES string of the molecule is CC1CCC(NC(=O)C2CNC(=O)C2)(C(=O)O)CC1. The first-order valence-corrected chi connectivity index (χ1v) is 6.75. The van der Waals surface area contributed by atoms with Crippen LogP contribution in [0.3, 0.4) is 0 Å². The maximum Gasteiger partial charge on any atom is 0.329 e. The molecule has 1 saturated carbocycles. The second kappa shape index (κ2) is 5.19. The summed E-state index contributed by atoms with van der Waals surface area (Å²) in [5, 5.41) is 14.7. The predicted molar refractivity (Wildman–Crippen MR) is 67.3 cm³/mol. The molecule has 1 aliphatic heterocycles. The molecule has 3 N–H and O–H groups in total. The molecule has 6 heteroatoms. The molecule has 0 aromatic carbocycles. The summed E-state index contributed by atoms with van der Waals surface area (Å²) in [5.74, 6) is -1.38. The van der Waals surface area contributed by atoms with Gasteiger partial charge >= 0.3 is 5.97 Å². The Morgan fingerprint density at radius 1 is 1.37 bits per heavy atom. The molecule has 1 aliphatic carbocycles. The molecule has 1 saturated heterocycles. The van der Waals surface area contributed by atoms with Gasteiger partial charge in [0.05, 0.1) is 5.92 Å². The summed E-state index contributed by atoms with van der Waals surface area (Å²) < 4.78 is 0. The number of carbonyl (C=O) groups excluding carboxylic acids is 2. The Morgan fingerprint density at radius 3 is 2.47 bits per heavy atom. The van der Waals surface area contributed by atoms with Crippen LogP contribution in [0.15, 0.2) is 0 Å². The van der Waals surface area contributed by atoms with Crippen molar-refractivity contribution in [2.24, 2.45) is 11.8 Å². The molecule has 2 rings (SSSR count). The number of carboxylic acid groups (broad SMARTS) is 1. The van der Waals surface area contributed by atoms with Crippen molar-refractivity contribution >= 4 is 17.8 Å². The van der Waals surface area contributed by atoms with E-state index in [1.807, 2.05) is 0 Å². The van der Waals surface area contributed by atoms with Crippen LogP contribution in [0.4, 0.5) is 0 Å². The highest BCUT2D eigenvalue weighted by molar-refractivity contribution is 5.92. The van der Waals surface area contributed by atoms with Crippen LogP contribution >= 0.6 is 0 Å². The third-order valence-corrected chi connectivity index (χ3v) is 4.25. The third-order valence-electron chi connectivity index (χ3n) is 4.25. The van der Waals surface area contributed by atoms with Crippen molar-refractivity contribution in [1.29, 1.82) is 0 Å². The summed E-state index contributed by atoms with van der Waals surface area (Å²) in [4.78, 5) is 34.7. The molecule has 6 nitrogen and oxygen atoms in total. The van der Waals surface area contributed by atoms with Crippen molar-refractivity contribution in [3.63, 3.8) is 0 Å². The fourth-order valence-corrected chi connectivity index (χ4v) is 2.78. The van der Waals surface area contributed by atoms with Gasteiger partial charge in [0.25, 0.3) is 0 Å². The fourth-order valence-electron chi connectivity index (χ4n) is 2.78. The second-order valence-corrected chi connectivity index (χ2v) is 5.76. The predicted octanol–water partition coefficient (Wildman–Crippen LogP) is 0.272. The largest absolute Gasteiger partial charge is 0.480 e. The van der Waals surface area contributed by atoms with E-state index >= 15 is 0 Å². The highest BCUT2D eigenvalue weighted by Gasteiger charge is 2.44. The molecule has 106 valence electrons. The standard InChI is InChI=1S/C13H20N2O4/c1-8-2-4-13(5-3-8,12(18)19)15-11(17)9-6-10(16)14-7-9/h8-9H,2-7H2,1H3,(H,14,16)(H,15,17)(H,18,19). The molecular formula is C13H20N2O4. The van der Waals surface area contributed by atoms with Crippen LogP contribution in [0.25, 0.3) is 0 Å². The molecule has 2 fully saturated rings. The van der Waals surface area contributed by atoms with Crippen LogP contribution < -0.4 is 10.6 Å². The zero-order valence-corrected chi connectivity index (χ0v) is 11.1. The van der Waals surface area contributed by atoms with Crippen molar-refractivity contribution in [2.45, 2.75) is 44.6 Å². The van der Waals surface area contributed by atoms with Gasteiger partial charge in [-0.15, -0.1) is 0 Å². The summed E-state index contributed by atoms with van der Waals surface area (Å²) >= 11 is 0. The van der Waals surface area contributed by atoms with Gasteiger partial charge in [-0.3, -0.25) is 9.59 Å². The van der Waals surface area contributed by atoms with Crippen LogP contribution in [-0.4, -0.2) is 35.0 Å². The third kappa shape index (κ3) is 2.88. The normalized spacial score (nSPS) is 34.7. The Hall–Kier alpha value is -1.59. The lowest BCUT2D eigenvalue weighted by molar-refractivity contribution is -0.150. The zero-order valence-electron chi connectivity index (χ0n) is 11.1. The molecule has 0 aromatic rings. The first-order chi connectivity index (χ1) is 8.93. The van der Waals surface area contributed by atoms with E-state index in [-0.39, 0.29) is 18.2 Å². The van der Waals surface area contributed by atoms with E-state index in [0.717, 1.165) is 12.8 Å². The lowest BCUT2D eigenvalue weighted by Gasteiger charge is -2.37. The molecule has 0 aromatic heterocycles. The van der Waals surface area contributed by atoms with E-state index < -0.39 is 17.4 Å². The number of aliphatic carboxylic acids is 1. The molecule has 0 radical (unpaired) electrons. The van der Waals surface area contributed by atoms with Crippen molar-refractivity contribution in [3.05, 3.63) is 0 Å². The molecule has 1 atom stereocenters. The smallest absolute Gasteiger partial charge is 0.329 e. The molecule has 0 spiro atoms. The van der Waals surface area contributed by atoms with E-state index in [2.05, 4.69) is 17.6 Å². The number of carbonyl (C=O) groups is 3. The Labute approximate surface area is 111 Å². The van der Waals surface area contributed by atoms with Gasteiger partial charge in [-0.1, -0.05) is 6.92 Å². The number of hydrogen-bond donors (Lipinski definition) is 3. The summed E-state index contributed by atoms with van der Waals surface area (Å²) in [7, 11) is 0. The van der Waals surface area contributed by atoms with Crippen LogP contribution in [0, 0.1) is 11.8 Å². The van der Waals surface area contributed by atoms with Gasteiger partial charge in [-0.25, -0.2) is 4.79 Å². The maximum absolute atomic E-state index is 12.1. The van der Waals surface area contributed by atoms with E-state index in [1.165, 1.54) is 0 Å².